The van der Waals surface area contributed by atoms with E-state index in [0.717, 1.165) is 12.8 Å². The first-order chi connectivity index (χ1) is 10.2. The van der Waals surface area contributed by atoms with Gasteiger partial charge in [-0.3, -0.25) is 0 Å². The van der Waals surface area contributed by atoms with Gasteiger partial charge in [-0.2, -0.15) is 0 Å². The molecule has 1 atom stereocenters. The highest BCUT2D eigenvalue weighted by atomic mass is 127. The standard InChI is InChI=1S/C18H20INO/c1-3-18(4-2)15-10-5-6-11-16(15)20-17(21-18)13-8-7-9-14(19)12-13/h5-12,17,20H,3-4H2,1-2H3/t17-/m0/s1. The summed E-state index contributed by atoms with van der Waals surface area (Å²) in [6, 6.07) is 17.0. The fourth-order valence-corrected chi connectivity index (χ4v) is 3.65. The van der Waals surface area contributed by atoms with Gasteiger partial charge in [0.15, 0.2) is 6.23 Å². The Morgan fingerprint density at radius 3 is 2.57 bits per heavy atom. The molecule has 0 aliphatic carbocycles. The van der Waals surface area contributed by atoms with Crippen LogP contribution in [0.3, 0.4) is 0 Å². The van der Waals surface area contributed by atoms with Crippen molar-refractivity contribution in [1.29, 1.82) is 0 Å². The van der Waals surface area contributed by atoms with E-state index in [1.54, 1.807) is 0 Å². The molecule has 0 aromatic heterocycles. The molecule has 3 heteroatoms. The zero-order chi connectivity index (χ0) is 14.9. The summed E-state index contributed by atoms with van der Waals surface area (Å²) in [7, 11) is 0. The predicted octanol–water partition coefficient (Wildman–Crippen LogP) is 5.45. The number of anilines is 1. The maximum absolute atomic E-state index is 6.53. The molecule has 110 valence electrons. The average Bonchev–Trinajstić information content (AvgIpc) is 2.54. The second-order valence-electron chi connectivity index (χ2n) is 5.44. The molecule has 3 rings (SSSR count). The van der Waals surface area contributed by atoms with Crippen molar-refractivity contribution in [2.75, 3.05) is 5.32 Å². The van der Waals surface area contributed by atoms with Crippen molar-refractivity contribution in [1.82, 2.24) is 0 Å². The van der Waals surface area contributed by atoms with Crippen LogP contribution in [0.5, 0.6) is 0 Å². The van der Waals surface area contributed by atoms with Crippen molar-refractivity contribution in [3.05, 3.63) is 63.2 Å². The summed E-state index contributed by atoms with van der Waals surface area (Å²) in [6.45, 7) is 4.41. The van der Waals surface area contributed by atoms with E-state index < -0.39 is 0 Å². The van der Waals surface area contributed by atoms with Gasteiger partial charge in [0.05, 0.1) is 5.60 Å². The monoisotopic (exact) mass is 393 g/mol. The lowest BCUT2D eigenvalue weighted by Gasteiger charge is -2.43. The Kier molecular flexibility index (Phi) is 4.22. The van der Waals surface area contributed by atoms with E-state index in [0.29, 0.717) is 0 Å². The van der Waals surface area contributed by atoms with Gasteiger partial charge in [-0.1, -0.05) is 44.2 Å². The molecular formula is C18H20INO. The van der Waals surface area contributed by atoms with Crippen LogP contribution in [0.2, 0.25) is 0 Å². The number of nitrogens with one attached hydrogen (secondary N) is 1. The smallest absolute Gasteiger partial charge is 0.155 e. The average molecular weight is 393 g/mol. The summed E-state index contributed by atoms with van der Waals surface area (Å²) < 4.78 is 7.76. The fraction of sp³-hybridized carbons (Fsp3) is 0.333. The van der Waals surface area contributed by atoms with Gasteiger partial charge < -0.3 is 10.1 Å². The van der Waals surface area contributed by atoms with E-state index in [-0.39, 0.29) is 11.8 Å². The van der Waals surface area contributed by atoms with Crippen LogP contribution in [0.4, 0.5) is 5.69 Å². The van der Waals surface area contributed by atoms with Crippen LogP contribution in [-0.2, 0) is 10.3 Å². The Labute approximate surface area is 140 Å². The number of fused-ring (bicyclic) bond motifs is 1. The molecular weight excluding hydrogens is 373 g/mol. The summed E-state index contributed by atoms with van der Waals surface area (Å²) in [4.78, 5) is 0. The molecule has 21 heavy (non-hydrogen) atoms. The maximum Gasteiger partial charge on any atom is 0.155 e. The Morgan fingerprint density at radius 2 is 1.86 bits per heavy atom. The fourth-order valence-electron chi connectivity index (χ4n) is 3.08. The molecule has 2 aromatic carbocycles. The zero-order valence-electron chi connectivity index (χ0n) is 12.4. The molecule has 0 saturated carbocycles. The van der Waals surface area contributed by atoms with E-state index in [9.17, 15) is 0 Å². The minimum Gasteiger partial charge on any atom is -0.356 e. The SMILES string of the molecule is CCC1(CC)O[C@@H](c2cccc(I)c2)Nc2ccccc21. The van der Waals surface area contributed by atoms with Crippen LogP contribution in [0.1, 0.15) is 44.0 Å². The van der Waals surface area contributed by atoms with Gasteiger partial charge in [0.1, 0.15) is 0 Å². The molecule has 1 heterocycles. The highest BCUT2D eigenvalue weighted by Crippen LogP contribution is 2.45. The summed E-state index contributed by atoms with van der Waals surface area (Å²) in [5.74, 6) is 0. The molecule has 0 bridgehead atoms. The van der Waals surface area contributed by atoms with E-state index in [2.05, 4.69) is 90.3 Å². The molecule has 0 spiro atoms. The Hall–Kier alpha value is -1.07. The number of rotatable bonds is 3. The van der Waals surface area contributed by atoms with Crippen LogP contribution in [0.15, 0.2) is 48.5 Å². The topological polar surface area (TPSA) is 21.3 Å². The van der Waals surface area contributed by atoms with E-state index in [4.69, 9.17) is 4.74 Å². The molecule has 1 N–H and O–H groups in total. The number of benzene rings is 2. The van der Waals surface area contributed by atoms with Crippen LogP contribution in [0, 0.1) is 3.57 Å². The van der Waals surface area contributed by atoms with Crippen LogP contribution in [0.25, 0.3) is 0 Å². The number of hydrogen-bond acceptors (Lipinski definition) is 2. The zero-order valence-corrected chi connectivity index (χ0v) is 14.6. The van der Waals surface area contributed by atoms with Crippen molar-refractivity contribution < 1.29 is 4.74 Å². The van der Waals surface area contributed by atoms with Crippen LogP contribution >= 0.6 is 22.6 Å². The van der Waals surface area contributed by atoms with Gasteiger partial charge in [-0.25, -0.2) is 0 Å². The number of halogens is 1. The van der Waals surface area contributed by atoms with E-state index in [1.807, 2.05) is 0 Å². The number of hydrogen-bond donors (Lipinski definition) is 1. The minimum atomic E-state index is -0.201. The second-order valence-corrected chi connectivity index (χ2v) is 6.69. The Bertz CT molecular complexity index is 637. The van der Waals surface area contributed by atoms with E-state index >= 15 is 0 Å². The van der Waals surface area contributed by atoms with Gasteiger partial charge in [0.25, 0.3) is 0 Å². The molecule has 0 amide bonds. The van der Waals surface area contributed by atoms with Crippen molar-refractivity contribution in [2.24, 2.45) is 0 Å². The summed E-state index contributed by atoms with van der Waals surface area (Å²) >= 11 is 2.35. The molecule has 2 aromatic rings. The van der Waals surface area contributed by atoms with E-state index in [1.165, 1.54) is 20.4 Å². The molecule has 0 radical (unpaired) electrons. The predicted molar refractivity (Wildman–Crippen MR) is 95.3 cm³/mol. The number of para-hydroxylation sites is 1. The second kappa shape index (κ2) is 5.97. The largest absolute Gasteiger partial charge is 0.356 e. The van der Waals surface area contributed by atoms with Crippen molar-refractivity contribution in [3.8, 4) is 0 Å². The summed E-state index contributed by atoms with van der Waals surface area (Å²) in [5, 5.41) is 3.54. The molecule has 0 fully saturated rings. The quantitative estimate of drug-likeness (QED) is 0.701. The van der Waals surface area contributed by atoms with Gasteiger partial charge in [0, 0.05) is 20.4 Å². The highest BCUT2D eigenvalue weighted by molar-refractivity contribution is 14.1. The first-order valence-corrected chi connectivity index (χ1v) is 8.55. The number of ether oxygens (including phenoxy) is 1. The van der Waals surface area contributed by atoms with Gasteiger partial charge in [-0.15, -0.1) is 0 Å². The third-order valence-electron chi connectivity index (χ3n) is 4.34. The highest BCUT2D eigenvalue weighted by Gasteiger charge is 2.38. The normalized spacial score (nSPS) is 19.7. The molecule has 0 unspecified atom stereocenters. The van der Waals surface area contributed by atoms with Gasteiger partial charge in [-0.05, 0) is 53.6 Å². The lowest BCUT2D eigenvalue weighted by Crippen LogP contribution is -2.37. The van der Waals surface area contributed by atoms with Crippen molar-refractivity contribution >= 4 is 28.3 Å². The summed E-state index contributed by atoms with van der Waals surface area (Å²) in [6.07, 6.45) is 1.86. The van der Waals surface area contributed by atoms with Crippen LogP contribution in [-0.4, -0.2) is 0 Å². The van der Waals surface area contributed by atoms with Gasteiger partial charge >= 0.3 is 0 Å². The third-order valence-corrected chi connectivity index (χ3v) is 5.01. The molecule has 0 saturated heterocycles. The summed E-state index contributed by atoms with van der Waals surface area (Å²) in [5.41, 5.74) is 3.45. The Balaban J connectivity index is 2.05. The lowest BCUT2D eigenvalue weighted by molar-refractivity contribution is -0.103. The third kappa shape index (κ3) is 2.69. The first-order valence-electron chi connectivity index (χ1n) is 7.48. The van der Waals surface area contributed by atoms with Crippen LogP contribution < -0.4 is 5.32 Å². The van der Waals surface area contributed by atoms with Gasteiger partial charge in [0.2, 0.25) is 0 Å². The first kappa shape index (κ1) is 14.9. The minimum absolute atomic E-state index is 0.0884. The molecule has 2 nitrogen and oxygen atoms in total. The van der Waals surface area contributed by atoms with Crippen molar-refractivity contribution in [2.45, 2.75) is 38.5 Å². The molecule has 1 aliphatic heterocycles. The van der Waals surface area contributed by atoms with Crippen molar-refractivity contribution in [3.63, 3.8) is 0 Å². The maximum atomic E-state index is 6.53. The lowest BCUT2D eigenvalue weighted by atomic mass is 9.85. The molecule has 1 aliphatic rings. The Morgan fingerprint density at radius 1 is 1.10 bits per heavy atom.